The highest BCUT2D eigenvalue weighted by molar-refractivity contribution is 5.90. The fourth-order valence-corrected chi connectivity index (χ4v) is 2.28. The molecular formula is C10H16N2O3. The maximum atomic E-state index is 11.5. The van der Waals surface area contributed by atoms with Crippen molar-refractivity contribution in [1.29, 1.82) is 0 Å². The molecule has 2 heterocycles. The van der Waals surface area contributed by atoms with E-state index in [2.05, 4.69) is 0 Å². The molecule has 5 heteroatoms. The zero-order valence-corrected chi connectivity index (χ0v) is 9.10. The molecule has 1 saturated heterocycles. The number of carbonyl (C=O) groups excluding carboxylic acids is 1. The van der Waals surface area contributed by atoms with Crippen molar-refractivity contribution in [1.82, 2.24) is 10.1 Å². The second-order valence-corrected chi connectivity index (χ2v) is 3.86. The van der Waals surface area contributed by atoms with E-state index < -0.39 is 0 Å². The van der Waals surface area contributed by atoms with Gasteiger partial charge in [-0.15, -0.1) is 0 Å². The van der Waals surface area contributed by atoms with E-state index in [0.717, 1.165) is 25.9 Å². The number of piperidine rings is 1. The third-order valence-electron chi connectivity index (χ3n) is 3.17. The molecule has 84 valence electrons. The van der Waals surface area contributed by atoms with Gasteiger partial charge in [0.2, 0.25) is 0 Å². The van der Waals surface area contributed by atoms with Gasteiger partial charge in [-0.05, 0) is 12.8 Å². The summed E-state index contributed by atoms with van der Waals surface area (Å²) in [4.78, 5) is 21.8. The lowest BCUT2D eigenvalue weighted by molar-refractivity contribution is -0.215. The van der Waals surface area contributed by atoms with Crippen molar-refractivity contribution < 1.29 is 14.5 Å². The van der Waals surface area contributed by atoms with Crippen molar-refractivity contribution in [3.8, 4) is 0 Å². The molecule has 0 aliphatic carbocycles. The summed E-state index contributed by atoms with van der Waals surface area (Å²) < 4.78 is 0. The molecule has 0 N–H and O–H groups in total. The predicted molar refractivity (Wildman–Crippen MR) is 53.5 cm³/mol. The lowest BCUT2D eigenvalue weighted by Crippen LogP contribution is -2.52. The van der Waals surface area contributed by atoms with Gasteiger partial charge in [-0.1, -0.05) is 6.08 Å². The molecule has 1 fully saturated rings. The molecule has 0 aromatic rings. The summed E-state index contributed by atoms with van der Waals surface area (Å²) in [6.45, 7) is 1.63. The highest BCUT2D eigenvalue weighted by Crippen LogP contribution is 2.34. The molecule has 0 aromatic heterocycles. The van der Waals surface area contributed by atoms with Crippen LogP contribution in [0.3, 0.4) is 0 Å². The van der Waals surface area contributed by atoms with E-state index in [1.54, 1.807) is 13.2 Å². The maximum Gasteiger partial charge on any atom is 0.270 e. The molecule has 1 amide bonds. The number of nitrogens with zero attached hydrogens (tertiary/aromatic N) is 2. The van der Waals surface area contributed by atoms with Gasteiger partial charge in [-0.2, -0.15) is 5.06 Å². The molecule has 1 spiro atoms. The second-order valence-electron chi connectivity index (χ2n) is 3.86. The van der Waals surface area contributed by atoms with Crippen molar-refractivity contribution in [3.05, 3.63) is 12.2 Å². The standard InChI is InChI=1S/C10H16N2O3/c1-14-11-7-5-10(6-8-11)4-3-9(13)12(10)15-2/h3-4H,5-8H2,1-2H3. The Morgan fingerprint density at radius 3 is 2.47 bits per heavy atom. The summed E-state index contributed by atoms with van der Waals surface area (Å²) in [6, 6.07) is 0. The van der Waals surface area contributed by atoms with E-state index in [-0.39, 0.29) is 11.4 Å². The van der Waals surface area contributed by atoms with Crippen molar-refractivity contribution in [2.75, 3.05) is 27.3 Å². The highest BCUT2D eigenvalue weighted by atomic mass is 16.7. The molecule has 0 aromatic carbocycles. The van der Waals surface area contributed by atoms with Crippen molar-refractivity contribution in [3.63, 3.8) is 0 Å². The van der Waals surface area contributed by atoms with Gasteiger partial charge in [0.25, 0.3) is 5.91 Å². The first kappa shape index (κ1) is 10.6. The smallest absolute Gasteiger partial charge is 0.270 e. The number of rotatable bonds is 2. The third-order valence-corrected chi connectivity index (χ3v) is 3.17. The summed E-state index contributed by atoms with van der Waals surface area (Å²) in [5.74, 6) is -0.0663. The average Bonchev–Trinajstić information content (AvgIpc) is 2.57. The predicted octanol–water partition coefficient (Wildman–Crippen LogP) is 0.342. The number of amides is 1. The largest absolute Gasteiger partial charge is 0.302 e. The quantitative estimate of drug-likeness (QED) is 0.662. The molecular weight excluding hydrogens is 196 g/mol. The van der Waals surface area contributed by atoms with E-state index in [0.29, 0.717) is 0 Å². The first-order valence-corrected chi connectivity index (χ1v) is 5.08. The van der Waals surface area contributed by atoms with Gasteiger partial charge >= 0.3 is 0 Å². The van der Waals surface area contributed by atoms with E-state index >= 15 is 0 Å². The minimum atomic E-state index is -0.249. The second kappa shape index (κ2) is 3.92. The van der Waals surface area contributed by atoms with Crippen LogP contribution in [0.15, 0.2) is 12.2 Å². The molecule has 2 aliphatic rings. The van der Waals surface area contributed by atoms with Gasteiger partial charge in [-0.25, -0.2) is 5.06 Å². The Labute approximate surface area is 89.1 Å². The fourth-order valence-electron chi connectivity index (χ4n) is 2.28. The van der Waals surface area contributed by atoms with Crippen LogP contribution in [0, 0.1) is 0 Å². The van der Waals surface area contributed by atoms with Crippen LogP contribution in [0.5, 0.6) is 0 Å². The third kappa shape index (κ3) is 1.67. The first-order chi connectivity index (χ1) is 7.22. The Balaban J connectivity index is 2.09. The molecule has 0 saturated carbocycles. The Hall–Kier alpha value is -0.910. The Bertz CT molecular complexity index is 282. The van der Waals surface area contributed by atoms with Crippen LogP contribution in [0.4, 0.5) is 0 Å². The van der Waals surface area contributed by atoms with Crippen LogP contribution in [0.25, 0.3) is 0 Å². The van der Waals surface area contributed by atoms with Crippen LogP contribution in [-0.2, 0) is 14.5 Å². The van der Waals surface area contributed by atoms with Gasteiger partial charge in [0.1, 0.15) is 0 Å². The normalized spacial score (nSPS) is 25.5. The summed E-state index contributed by atoms with van der Waals surface area (Å²) >= 11 is 0. The lowest BCUT2D eigenvalue weighted by atomic mass is 9.89. The van der Waals surface area contributed by atoms with E-state index in [1.807, 2.05) is 11.1 Å². The van der Waals surface area contributed by atoms with Crippen LogP contribution in [-0.4, -0.2) is 48.9 Å². The zero-order chi connectivity index (χ0) is 10.9. The van der Waals surface area contributed by atoms with Gasteiger partial charge in [-0.3, -0.25) is 9.63 Å². The van der Waals surface area contributed by atoms with E-state index in [4.69, 9.17) is 9.68 Å². The summed E-state index contributed by atoms with van der Waals surface area (Å²) in [5, 5.41) is 3.37. The molecule has 2 aliphatic heterocycles. The average molecular weight is 212 g/mol. The minimum Gasteiger partial charge on any atom is -0.302 e. The van der Waals surface area contributed by atoms with Crippen molar-refractivity contribution in [2.45, 2.75) is 18.4 Å². The lowest BCUT2D eigenvalue weighted by Gasteiger charge is -2.41. The van der Waals surface area contributed by atoms with Gasteiger partial charge in [0, 0.05) is 19.2 Å². The molecule has 2 rings (SSSR count). The number of hydrogen-bond donors (Lipinski definition) is 0. The molecule has 0 atom stereocenters. The Morgan fingerprint density at radius 2 is 1.93 bits per heavy atom. The fraction of sp³-hybridized carbons (Fsp3) is 0.700. The number of hydroxylamine groups is 4. The first-order valence-electron chi connectivity index (χ1n) is 5.08. The van der Waals surface area contributed by atoms with Crippen LogP contribution in [0.2, 0.25) is 0 Å². The van der Waals surface area contributed by atoms with E-state index in [1.165, 1.54) is 12.2 Å². The van der Waals surface area contributed by atoms with Crippen LogP contribution >= 0.6 is 0 Å². The number of hydrogen-bond acceptors (Lipinski definition) is 4. The van der Waals surface area contributed by atoms with Crippen LogP contribution in [0.1, 0.15) is 12.8 Å². The molecule has 0 unspecified atom stereocenters. The minimum absolute atomic E-state index is 0.0663. The summed E-state index contributed by atoms with van der Waals surface area (Å²) in [6.07, 6.45) is 5.23. The molecule has 0 bridgehead atoms. The highest BCUT2D eigenvalue weighted by Gasteiger charge is 2.44. The molecule has 5 nitrogen and oxygen atoms in total. The van der Waals surface area contributed by atoms with Gasteiger partial charge < -0.3 is 4.84 Å². The Morgan fingerprint density at radius 1 is 1.27 bits per heavy atom. The van der Waals surface area contributed by atoms with Gasteiger partial charge in [0.15, 0.2) is 0 Å². The van der Waals surface area contributed by atoms with Crippen molar-refractivity contribution >= 4 is 5.91 Å². The number of carbonyl (C=O) groups is 1. The SMILES string of the molecule is CON1CCC2(C=CC(=O)N2OC)CC1. The van der Waals surface area contributed by atoms with Crippen LogP contribution < -0.4 is 0 Å². The molecule has 15 heavy (non-hydrogen) atoms. The summed E-state index contributed by atoms with van der Waals surface area (Å²) in [7, 11) is 3.21. The topological polar surface area (TPSA) is 42.0 Å². The maximum absolute atomic E-state index is 11.5. The van der Waals surface area contributed by atoms with Crippen molar-refractivity contribution in [2.24, 2.45) is 0 Å². The zero-order valence-electron chi connectivity index (χ0n) is 9.10. The van der Waals surface area contributed by atoms with Gasteiger partial charge in [0.05, 0.1) is 19.8 Å². The van der Waals surface area contributed by atoms with E-state index in [9.17, 15) is 4.79 Å². The Kier molecular flexibility index (Phi) is 2.77. The summed E-state index contributed by atoms with van der Waals surface area (Å²) in [5.41, 5.74) is -0.249. The molecule has 0 radical (unpaired) electrons. The monoisotopic (exact) mass is 212 g/mol.